The fourth-order valence-corrected chi connectivity index (χ4v) is 2.21. The summed E-state index contributed by atoms with van der Waals surface area (Å²) in [5.74, 6) is -1.65. The highest BCUT2D eigenvalue weighted by molar-refractivity contribution is 6.31. The summed E-state index contributed by atoms with van der Waals surface area (Å²) in [6.07, 6.45) is -3.92. The Labute approximate surface area is 144 Å². The van der Waals surface area contributed by atoms with Crippen LogP contribution in [-0.2, 0) is 6.18 Å². The smallest absolute Gasteiger partial charge is 0.420 e. The Balaban J connectivity index is 2.21. The maximum atomic E-state index is 12.8. The number of carbonyl (C=O) groups is 1. The van der Waals surface area contributed by atoms with Crippen LogP contribution in [0.25, 0.3) is 0 Å². The molecule has 0 heterocycles. The van der Waals surface area contributed by atoms with Gasteiger partial charge in [-0.1, -0.05) is 29.3 Å². The maximum absolute atomic E-state index is 12.8. The van der Waals surface area contributed by atoms with E-state index in [1.54, 1.807) is 12.1 Å². The molecule has 2 N–H and O–H groups in total. The zero-order valence-corrected chi connectivity index (χ0v) is 13.2. The SMILES string of the molecule is O=C(NN=Cc1cc(Cl)cc(C(F)(F)F)c1O)c1cccc(Cl)c1. The van der Waals surface area contributed by atoms with Gasteiger partial charge in [0.2, 0.25) is 0 Å². The molecule has 0 aromatic heterocycles. The summed E-state index contributed by atoms with van der Waals surface area (Å²) in [6.45, 7) is 0. The number of phenolic OH excluding ortho intramolecular Hbond substituents is 1. The third-order valence-corrected chi connectivity index (χ3v) is 3.32. The second-order valence-electron chi connectivity index (χ2n) is 4.60. The number of carbonyl (C=O) groups excluding carboxylic acids is 1. The van der Waals surface area contributed by atoms with E-state index in [0.717, 1.165) is 12.3 Å². The summed E-state index contributed by atoms with van der Waals surface area (Å²) in [7, 11) is 0. The van der Waals surface area contributed by atoms with Gasteiger partial charge in [0.1, 0.15) is 5.75 Å². The van der Waals surface area contributed by atoms with Crippen molar-refractivity contribution in [3.8, 4) is 5.75 Å². The van der Waals surface area contributed by atoms with Crippen LogP contribution in [0.15, 0.2) is 41.5 Å². The normalized spacial score (nSPS) is 11.7. The minimum Gasteiger partial charge on any atom is -0.507 e. The standard InChI is InChI=1S/C15H9Cl2F3N2O2/c16-10-3-1-2-8(4-10)14(24)22-21-7-9-5-11(17)6-12(13(9)23)15(18,19)20/h1-7,23H,(H,22,24). The number of nitrogens with zero attached hydrogens (tertiary/aromatic N) is 1. The van der Waals surface area contributed by atoms with E-state index in [4.69, 9.17) is 23.2 Å². The van der Waals surface area contributed by atoms with Gasteiger partial charge in [0.25, 0.3) is 5.91 Å². The van der Waals surface area contributed by atoms with E-state index in [1.807, 2.05) is 0 Å². The van der Waals surface area contributed by atoms with Gasteiger partial charge in [0, 0.05) is 21.2 Å². The zero-order valence-electron chi connectivity index (χ0n) is 11.7. The summed E-state index contributed by atoms with van der Waals surface area (Å²) in [5, 5.41) is 13.3. The minimum absolute atomic E-state index is 0.214. The Kier molecular flexibility index (Phi) is 5.36. The molecule has 0 atom stereocenters. The fourth-order valence-electron chi connectivity index (χ4n) is 1.79. The van der Waals surface area contributed by atoms with Crippen molar-refractivity contribution in [3.63, 3.8) is 0 Å². The summed E-state index contributed by atoms with van der Waals surface area (Å²) in [5.41, 5.74) is 0.745. The molecule has 2 aromatic carbocycles. The summed E-state index contributed by atoms with van der Waals surface area (Å²) >= 11 is 11.4. The van der Waals surface area contributed by atoms with Gasteiger partial charge >= 0.3 is 6.18 Å². The monoisotopic (exact) mass is 376 g/mol. The number of amides is 1. The van der Waals surface area contributed by atoms with Crippen molar-refractivity contribution in [2.45, 2.75) is 6.18 Å². The summed E-state index contributed by atoms with van der Waals surface area (Å²) in [4.78, 5) is 11.8. The van der Waals surface area contributed by atoms with Gasteiger partial charge in [0.05, 0.1) is 11.8 Å². The first-order valence-electron chi connectivity index (χ1n) is 6.37. The molecular weight excluding hydrogens is 368 g/mol. The molecule has 0 bridgehead atoms. The summed E-state index contributed by atoms with van der Waals surface area (Å²) in [6, 6.07) is 7.68. The van der Waals surface area contributed by atoms with Gasteiger partial charge in [-0.2, -0.15) is 18.3 Å². The van der Waals surface area contributed by atoms with Gasteiger partial charge in [-0.15, -0.1) is 0 Å². The van der Waals surface area contributed by atoms with Crippen LogP contribution in [0.5, 0.6) is 5.75 Å². The fraction of sp³-hybridized carbons (Fsp3) is 0.0667. The van der Waals surface area contributed by atoms with E-state index in [-0.39, 0.29) is 16.1 Å². The predicted octanol–water partition coefficient (Wildman–Crippen LogP) is 4.48. The van der Waals surface area contributed by atoms with Crippen LogP contribution in [-0.4, -0.2) is 17.2 Å². The molecular formula is C15H9Cl2F3N2O2. The Morgan fingerprint density at radius 2 is 1.88 bits per heavy atom. The lowest BCUT2D eigenvalue weighted by molar-refractivity contribution is -0.138. The van der Waals surface area contributed by atoms with E-state index in [2.05, 4.69) is 10.5 Å². The maximum Gasteiger partial charge on any atom is 0.420 e. The molecule has 0 aliphatic heterocycles. The molecule has 0 saturated carbocycles. The second-order valence-corrected chi connectivity index (χ2v) is 5.47. The van der Waals surface area contributed by atoms with Gasteiger partial charge in [-0.25, -0.2) is 5.43 Å². The first-order chi connectivity index (χ1) is 11.2. The number of hydrogen-bond acceptors (Lipinski definition) is 3. The third-order valence-electron chi connectivity index (χ3n) is 2.87. The first kappa shape index (κ1) is 18.1. The number of hydrazone groups is 1. The number of aromatic hydroxyl groups is 1. The van der Waals surface area contributed by atoms with Gasteiger partial charge in [0.15, 0.2) is 0 Å². The number of halogens is 5. The largest absolute Gasteiger partial charge is 0.507 e. The van der Waals surface area contributed by atoms with Crippen LogP contribution in [0.4, 0.5) is 13.2 Å². The molecule has 0 aliphatic carbocycles. The zero-order chi connectivity index (χ0) is 17.9. The number of hydrogen-bond donors (Lipinski definition) is 2. The van der Waals surface area contributed by atoms with Crippen molar-refractivity contribution < 1.29 is 23.1 Å². The minimum atomic E-state index is -4.78. The number of rotatable bonds is 3. The second kappa shape index (κ2) is 7.11. The number of phenols is 1. The molecule has 0 aliphatic rings. The molecule has 24 heavy (non-hydrogen) atoms. The number of benzene rings is 2. The Hall–Kier alpha value is -2.25. The highest BCUT2D eigenvalue weighted by Crippen LogP contribution is 2.38. The molecule has 0 fully saturated rings. The number of nitrogens with one attached hydrogen (secondary N) is 1. The predicted molar refractivity (Wildman–Crippen MR) is 84.6 cm³/mol. The van der Waals surface area contributed by atoms with Crippen LogP contribution in [0.3, 0.4) is 0 Å². The molecule has 2 rings (SSSR count). The van der Waals surface area contributed by atoms with Crippen molar-refractivity contribution in [2.75, 3.05) is 0 Å². The van der Waals surface area contributed by atoms with Gasteiger partial charge < -0.3 is 5.11 Å². The summed E-state index contributed by atoms with van der Waals surface area (Å²) < 4.78 is 38.3. The molecule has 0 spiro atoms. The van der Waals surface area contributed by atoms with Crippen LogP contribution in [0, 0.1) is 0 Å². The molecule has 2 aromatic rings. The van der Waals surface area contributed by atoms with E-state index in [9.17, 15) is 23.1 Å². The van der Waals surface area contributed by atoms with E-state index >= 15 is 0 Å². The lowest BCUT2D eigenvalue weighted by Gasteiger charge is -2.11. The average Bonchev–Trinajstić information content (AvgIpc) is 2.49. The lowest BCUT2D eigenvalue weighted by Crippen LogP contribution is -2.17. The highest BCUT2D eigenvalue weighted by Gasteiger charge is 2.35. The van der Waals surface area contributed by atoms with Crippen molar-refractivity contribution >= 4 is 35.3 Å². The van der Waals surface area contributed by atoms with Crippen molar-refractivity contribution in [1.29, 1.82) is 0 Å². The van der Waals surface area contributed by atoms with Crippen LogP contribution < -0.4 is 5.43 Å². The van der Waals surface area contributed by atoms with E-state index in [1.165, 1.54) is 12.1 Å². The van der Waals surface area contributed by atoms with Crippen molar-refractivity contribution in [1.82, 2.24) is 5.43 Å². The third kappa shape index (κ3) is 4.39. The van der Waals surface area contributed by atoms with Gasteiger partial charge in [-0.05, 0) is 30.3 Å². The van der Waals surface area contributed by atoms with Crippen LogP contribution in [0.1, 0.15) is 21.5 Å². The van der Waals surface area contributed by atoms with Gasteiger partial charge in [-0.3, -0.25) is 4.79 Å². The molecule has 4 nitrogen and oxygen atoms in total. The number of alkyl halides is 3. The molecule has 1 amide bonds. The Bertz CT molecular complexity index is 808. The average molecular weight is 377 g/mol. The molecule has 0 unspecified atom stereocenters. The highest BCUT2D eigenvalue weighted by atomic mass is 35.5. The topological polar surface area (TPSA) is 61.7 Å². The van der Waals surface area contributed by atoms with Crippen LogP contribution in [0.2, 0.25) is 10.0 Å². The molecule has 0 radical (unpaired) electrons. The lowest BCUT2D eigenvalue weighted by atomic mass is 10.1. The van der Waals surface area contributed by atoms with E-state index in [0.29, 0.717) is 11.1 Å². The van der Waals surface area contributed by atoms with E-state index < -0.39 is 23.4 Å². The first-order valence-corrected chi connectivity index (χ1v) is 7.13. The molecule has 126 valence electrons. The van der Waals surface area contributed by atoms with Crippen molar-refractivity contribution in [2.24, 2.45) is 5.10 Å². The quantitative estimate of drug-likeness (QED) is 0.612. The van der Waals surface area contributed by atoms with Crippen molar-refractivity contribution in [3.05, 3.63) is 63.1 Å². The molecule has 9 heteroatoms. The van der Waals surface area contributed by atoms with Crippen LogP contribution >= 0.6 is 23.2 Å². The Morgan fingerprint density at radius 3 is 2.50 bits per heavy atom. The Morgan fingerprint density at radius 1 is 1.17 bits per heavy atom. The molecule has 0 saturated heterocycles.